The molecule has 1 heteroatoms. The highest BCUT2D eigenvalue weighted by atomic mass is 28.2. The molecule has 4 unspecified atom stereocenters. The first-order valence-corrected chi connectivity index (χ1v) is 21.5. The molecule has 0 spiro atoms. The maximum Gasteiger partial charge on any atom is 0.0226 e. The second-order valence-electron chi connectivity index (χ2n) is 16.2. The molecule has 0 bridgehead atoms. The van der Waals surface area contributed by atoms with Crippen molar-refractivity contribution in [1.29, 1.82) is 0 Å². The molecule has 0 fully saturated rings. The van der Waals surface area contributed by atoms with E-state index in [4.69, 9.17) is 0 Å². The normalized spacial score (nSPS) is 21.3. The van der Waals surface area contributed by atoms with Gasteiger partial charge in [-0.15, -0.1) is 0 Å². The minimum absolute atomic E-state index is 0.122. The summed E-state index contributed by atoms with van der Waals surface area (Å²) < 4.78 is 0. The molecule has 0 radical (unpaired) electrons. The molecule has 4 aromatic rings. The van der Waals surface area contributed by atoms with Crippen molar-refractivity contribution in [2.75, 3.05) is 0 Å². The Balaban J connectivity index is 1.46. The molecule has 0 nitrogen and oxygen atoms in total. The quantitative estimate of drug-likeness (QED) is 0.118. The molecule has 0 amide bonds. The third-order valence-corrected chi connectivity index (χ3v) is 14.7. The highest BCUT2D eigenvalue weighted by Crippen LogP contribution is 2.57. The minimum Gasteiger partial charge on any atom is -0.0651 e. The van der Waals surface area contributed by atoms with Crippen LogP contribution in [-0.2, 0) is 10.8 Å². The molecule has 0 saturated heterocycles. The van der Waals surface area contributed by atoms with E-state index >= 15 is 0 Å². The van der Waals surface area contributed by atoms with Crippen LogP contribution in [0.3, 0.4) is 0 Å². The molecular weight excluding hydrogens is 605 g/mol. The largest absolute Gasteiger partial charge is 0.0651 e. The number of fused-ring (bicyclic) bond motifs is 2. The predicted octanol–water partition coefficient (Wildman–Crippen LogP) is 13.2. The standard InChI is InChI=1S/C48H60Si/c1-9-35(7)47(39(27-33(3)4)29-43-41(23-17-25-45(43)47)37-19-13-11-14-20-37)31-49-32-48(36(8)10-2)40(28-34(5)6)30-44-42(24-18-26-46(44)48)38-21-15-12-16-22-38/h11-26,29-30,33-36H,9-10,27-28,31-32,49H2,1-8H3. The molecule has 4 atom stereocenters. The van der Waals surface area contributed by atoms with Gasteiger partial charge in [0, 0.05) is 20.3 Å². The van der Waals surface area contributed by atoms with Crippen LogP contribution >= 0.6 is 0 Å². The Morgan fingerprint density at radius 1 is 0.490 bits per heavy atom. The van der Waals surface area contributed by atoms with Gasteiger partial charge in [-0.3, -0.25) is 0 Å². The van der Waals surface area contributed by atoms with E-state index in [2.05, 4.69) is 165 Å². The molecule has 0 saturated carbocycles. The van der Waals surface area contributed by atoms with Gasteiger partial charge >= 0.3 is 0 Å². The van der Waals surface area contributed by atoms with Crippen molar-refractivity contribution < 1.29 is 0 Å². The van der Waals surface area contributed by atoms with E-state index < -0.39 is 9.52 Å². The molecule has 49 heavy (non-hydrogen) atoms. The topological polar surface area (TPSA) is 0 Å². The predicted molar refractivity (Wildman–Crippen MR) is 219 cm³/mol. The minimum atomic E-state index is -0.507. The van der Waals surface area contributed by atoms with Crippen molar-refractivity contribution >= 4 is 21.7 Å². The molecule has 256 valence electrons. The summed E-state index contributed by atoms with van der Waals surface area (Å²) in [6, 6.07) is 39.4. The second-order valence-corrected chi connectivity index (χ2v) is 17.9. The fraction of sp³-hybridized carbons (Fsp3) is 0.417. The van der Waals surface area contributed by atoms with E-state index in [0.29, 0.717) is 23.7 Å². The van der Waals surface area contributed by atoms with Crippen molar-refractivity contribution in [3.63, 3.8) is 0 Å². The Labute approximate surface area is 301 Å². The number of allylic oxidation sites excluding steroid dienone is 2. The third-order valence-electron chi connectivity index (χ3n) is 12.4. The average molecular weight is 665 g/mol. The highest BCUT2D eigenvalue weighted by Gasteiger charge is 2.48. The summed E-state index contributed by atoms with van der Waals surface area (Å²) in [7, 11) is -0.507. The lowest BCUT2D eigenvalue weighted by Gasteiger charge is -2.44. The fourth-order valence-electron chi connectivity index (χ4n) is 9.86. The SMILES string of the molecule is CCC(C)C1(C[SiH2]CC2(C(C)CC)C(CC(C)C)=Cc3c(-c4ccccc4)cccc32)C(CC(C)C)=Cc2c(-c3ccccc3)cccc21. The van der Waals surface area contributed by atoms with Crippen LogP contribution in [0, 0.1) is 23.7 Å². The van der Waals surface area contributed by atoms with Gasteiger partial charge in [0.15, 0.2) is 0 Å². The molecule has 6 rings (SSSR count). The van der Waals surface area contributed by atoms with Gasteiger partial charge < -0.3 is 0 Å². The van der Waals surface area contributed by atoms with Crippen molar-refractivity contribution in [3.8, 4) is 22.3 Å². The Hall–Kier alpha value is -3.42. The second kappa shape index (κ2) is 14.8. The van der Waals surface area contributed by atoms with E-state index in [1.54, 1.807) is 22.3 Å². The number of hydrogen-bond acceptors (Lipinski definition) is 0. The van der Waals surface area contributed by atoms with Gasteiger partial charge in [0.2, 0.25) is 0 Å². The van der Waals surface area contributed by atoms with E-state index in [1.807, 2.05) is 0 Å². The first-order valence-electron chi connectivity index (χ1n) is 19.5. The summed E-state index contributed by atoms with van der Waals surface area (Å²) in [5.41, 5.74) is 15.4. The van der Waals surface area contributed by atoms with Crippen LogP contribution in [0.5, 0.6) is 0 Å². The van der Waals surface area contributed by atoms with E-state index in [-0.39, 0.29) is 10.8 Å². The third kappa shape index (κ3) is 6.38. The maximum atomic E-state index is 2.66. The zero-order chi connectivity index (χ0) is 34.8. The van der Waals surface area contributed by atoms with Gasteiger partial charge in [-0.05, 0) is 93.1 Å². The van der Waals surface area contributed by atoms with Crippen molar-refractivity contribution in [2.45, 2.75) is 104 Å². The van der Waals surface area contributed by atoms with E-state index in [9.17, 15) is 0 Å². The lowest BCUT2D eigenvalue weighted by molar-refractivity contribution is 0.334. The number of rotatable bonds is 14. The maximum absolute atomic E-state index is 2.66. The van der Waals surface area contributed by atoms with Crippen LogP contribution in [0.25, 0.3) is 34.4 Å². The van der Waals surface area contributed by atoms with Gasteiger partial charge in [0.25, 0.3) is 0 Å². The Bertz CT molecular complexity index is 1660. The Morgan fingerprint density at radius 3 is 1.22 bits per heavy atom. The van der Waals surface area contributed by atoms with Gasteiger partial charge in [-0.2, -0.15) is 0 Å². The number of benzene rings is 4. The molecule has 0 aliphatic heterocycles. The molecule has 4 aromatic carbocycles. The lowest BCUT2D eigenvalue weighted by atomic mass is 9.66. The lowest BCUT2D eigenvalue weighted by Crippen LogP contribution is -2.39. The van der Waals surface area contributed by atoms with Gasteiger partial charge in [-0.25, -0.2) is 0 Å². The van der Waals surface area contributed by atoms with Crippen LogP contribution in [0.4, 0.5) is 0 Å². The molecule has 0 N–H and O–H groups in total. The van der Waals surface area contributed by atoms with Gasteiger partial charge in [0.05, 0.1) is 0 Å². The first-order chi connectivity index (χ1) is 23.7. The van der Waals surface area contributed by atoms with Crippen molar-refractivity contribution in [2.24, 2.45) is 23.7 Å². The zero-order valence-corrected chi connectivity index (χ0v) is 33.1. The Kier molecular flexibility index (Phi) is 10.7. The van der Waals surface area contributed by atoms with Crippen LogP contribution in [0.15, 0.2) is 108 Å². The summed E-state index contributed by atoms with van der Waals surface area (Å²) in [6.07, 6.45) is 10.1. The number of hydrogen-bond donors (Lipinski definition) is 0. The van der Waals surface area contributed by atoms with Crippen LogP contribution in [-0.4, -0.2) is 9.52 Å². The molecule has 0 heterocycles. The molecule has 2 aliphatic rings. The van der Waals surface area contributed by atoms with E-state index in [1.165, 1.54) is 71.2 Å². The fourth-order valence-corrected chi connectivity index (χ4v) is 13.3. The summed E-state index contributed by atoms with van der Waals surface area (Å²) >= 11 is 0. The molecule has 2 aliphatic carbocycles. The molecular formula is C48H60Si. The van der Waals surface area contributed by atoms with Crippen LogP contribution < -0.4 is 0 Å². The summed E-state index contributed by atoms with van der Waals surface area (Å²) in [6.45, 7) is 19.7. The monoisotopic (exact) mass is 664 g/mol. The van der Waals surface area contributed by atoms with Crippen molar-refractivity contribution in [3.05, 3.63) is 130 Å². The first kappa shape index (κ1) is 35.4. The highest BCUT2D eigenvalue weighted by molar-refractivity contribution is 6.37. The Morgan fingerprint density at radius 2 is 0.878 bits per heavy atom. The summed E-state index contributed by atoms with van der Waals surface area (Å²) in [5.74, 6) is 2.47. The summed E-state index contributed by atoms with van der Waals surface area (Å²) in [5, 5.41) is 0. The van der Waals surface area contributed by atoms with Gasteiger partial charge in [0.1, 0.15) is 0 Å². The van der Waals surface area contributed by atoms with Crippen molar-refractivity contribution in [1.82, 2.24) is 0 Å². The van der Waals surface area contributed by atoms with Gasteiger partial charge in [-0.1, -0.05) is 189 Å². The van der Waals surface area contributed by atoms with E-state index in [0.717, 1.165) is 0 Å². The van der Waals surface area contributed by atoms with Crippen LogP contribution in [0.2, 0.25) is 12.1 Å². The molecule has 0 aromatic heterocycles. The zero-order valence-electron chi connectivity index (χ0n) is 31.7. The van der Waals surface area contributed by atoms with Crippen LogP contribution in [0.1, 0.15) is 103 Å². The smallest absolute Gasteiger partial charge is 0.0226 e. The summed E-state index contributed by atoms with van der Waals surface area (Å²) in [4.78, 5) is 0. The average Bonchev–Trinajstić information content (AvgIpc) is 3.60.